The van der Waals surface area contributed by atoms with Gasteiger partial charge in [0.05, 0.1) is 25.3 Å². The average molecular weight is 519 g/mol. The molecule has 0 saturated carbocycles. The average Bonchev–Trinajstić information content (AvgIpc) is 2.92. The van der Waals surface area contributed by atoms with Gasteiger partial charge < -0.3 is 14.9 Å². The van der Waals surface area contributed by atoms with Gasteiger partial charge in [0.25, 0.3) is 0 Å². The smallest absolute Gasteiger partial charge is 0.303 e. The van der Waals surface area contributed by atoms with Crippen LogP contribution in [0.5, 0.6) is 5.75 Å². The Morgan fingerprint density at radius 3 is 2.82 bits per heavy atom. The Balaban J connectivity index is 1.39. The second kappa shape index (κ2) is 12.9. The Hall–Kier alpha value is -3.47. The molecule has 0 spiro atoms. The maximum atomic E-state index is 13.8. The molecule has 4 rings (SSSR count). The van der Waals surface area contributed by atoms with Crippen molar-refractivity contribution in [1.82, 2.24) is 9.88 Å². The number of piperidine rings is 1. The van der Waals surface area contributed by atoms with Gasteiger partial charge in [-0.3, -0.25) is 14.7 Å². The molecule has 2 N–H and O–H groups in total. The van der Waals surface area contributed by atoms with E-state index >= 15 is 0 Å². The first-order chi connectivity index (χ1) is 18.3. The first-order valence-corrected chi connectivity index (χ1v) is 13.1. The monoisotopic (exact) mass is 518 g/mol. The Kier molecular flexibility index (Phi) is 9.33. The van der Waals surface area contributed by atoms with E-state index in [-0.39, 0.29) is 18.2 Å². The van der Waals surface area contributed by atoms with Crippen LogP contribution in [0.1, 0.15) is 54.9 Å². The molecule has 0 aliphatic carbocycles. The molecule has 1 aliphatic rings. The lowest BCUT2D eigenvalue weighted by molar-refractivity contribution is -0.137. The maximum Gasteiger partial charge on any atom is 0.303 e. The zero-order chi connectivity index (χ0) is 27.1. The number of halogens is 1. The van der Waals surface area contributed by atoms with Crippen molar-refractivity contribution in [2.24, 2.45) is 11.8 Å². The third-order valence-corrected chi connectivity index (χ3v) is 7.56. The zero-order valence-electron chi connectivity index (χ0n) is 22.0. The number of aromatic nitrogens is 1. The van der Waals surface area contributed by atoms with E-state index in [1.165, 1.54) is 6.07 Å². The number of likely N-dealkylation sites (tertiary alicyclic amines) is 1. The Bertz CT molecular complexity index is 1330. The van der Waals surface area contributed by atoms with E-state index < -0.39 is 12.1 Å². The second-order valence-corrected chi connectivity index (χ2v) is 10.1. The van der Waals surface area contributed by atoms with Crippen LogP contribution in [0.15, 0.2) is 48.7 Å². The third kappa shape index (κ3) is 7.09. The molecule has 0 bridgehead atoms. The van der Waals surface area contributed by atoms with Crippen molar-refractivity contribution in [2.75, 3.05) is 26.7 Å². The largest absolute Gasteiger partial charge is 0.497 e. The molecule has 1 aliphatic heterocycles. The summed E-state index contributed by atoms with van der Waals surface area (Å²) in [6.07, 6.45) is 4.10. The number of hydrogen-bond acceptors (Lipinski definition) is 5. The van der Waals surface area contributed by atoms with Gasteiger partial charge >= 0.3 is 5.97 Å². The fourth-order valence-corrected chi connectivity index (χ4v) is 5.33. The number of aliphatic hydroxyl groups excluding tert-OH is 1. The summed E-state index contributed by atoms with van der Waals surface area (Å²) in [6, 6.07) is 12.5. The molecule has 38 heavy (non-hydrogen) atoms. The van der Waals surface area contributed by atoms with E-state index in [9.17, 15) is 19.4 Å². The van der Waals surface area contributed by atoms with Crippen LogP contribution in [0.3, 0.4) is 0 Å². The molecule has 1 fully saturated rings. The number of hydrogen-bond donors (Lipinski definition) is 2. The quantitative estimate of drug-likeness (QED) is 0.371. The molecule has 1 saturated heterocycles. The first kappa shape index (κ1) is 27.6. The third-order valence-electron chi connectivity index (χ3n) is 7.56. The Morgan fingerprint density at radius 1 is 1.21 bits per heavy atom. The molecule has 1 aromatic heterocycles. The van der Waals surface area contributed by atoms with Gasteiger partial charge in [-0.1, -0.05) is 17.9 Å². The fraction of sp³-hybridized carbons (Fsp3) is 0.419. The van der Waals surface area contributed by atoms with Crippen molar-refractivity contribution in [1.29, 1.82) is 0 Å². The minimum absolute atomic E-state index is 0.126. The standard InChI is InChI=1S/C31H35FN2O4/c1-21-5-6-22(18-28(21)32)4-3-16-34-17-14-23(24(20-34)8-12-31(36)37)7-11-30(35)26-13-15-33-29-10-9-25(38-2)19-27(26)29/h5-6,9-10,13,15,18-19,23-24,30,35H,7-8,11-12,14,16-17,20H2,1-2H3,(H,36,37)/t23-,24-,30-/m1/s1. The molecule has 2 heterocycles. The number of carboxylic acid groups (broad SMARTS) is 1. The lowest BCUT2D eigenvalue weighted by Crippen LogP contribution is -2.41. The minimum Gasteiger partial charge on any atom is -0.497 e. The first-order valence-electron chi connectivity index (χ1n) is 13.1. The van der Waals surface area contributed by atoms with Gasteiger partial charge in [0.1, 0.15) is 11.6 Å². The van der Waals surface area contributed by atoms with Crippen LogP contribution in [0.2, 0.25) is 0 Å². The second-order valence-electron chi connectivity index (χ2n) is 10.1. The van der Waals surface area contributed by atoms with Crippen molar-refractivity contribution in [3.63, 3.8) is 0 Å². The summed E-state index contributed by atoms with van der Waals surface area (Å²) in [5.74, 6) is 6.40. The molecule has 200 valence electrons. The van der Waals surface area contributed by atoms with Gasteiger partial charge in [0, 0.05) is 30.1 Å². The van der Waals surface area contributed by atoms with Gasteiger partial charge in [-0.25, -0.2) is 4.39 Å². The summed E-state index contributed by atoms with van der Waals surface area (Å²) < 4.78 is 19.2. The molecular weight excluding hydrogens is 483 g/mol. The summed E-state index contributed by atoms with van der Waals surface area (Å²) in [5.41, 5.74) is 2.89. The predicted octanol–water partition coefficient (Wildman–Crippen LogP) is 5.36. The number of carboxylic acids is 1. The van der Waals surface area contributed by atoms with Crippen molar-refractivity contribution in [3.05, 3.63) is 71.2 Å². The highest BCUT2D eigenvalue weighted by Crippen LogP contribution is 2.35. The maximum absolute atomic E-state index is 13.8. The Morgan fingerprint density at radius 2 is 2.05 bits per heavy atom. The topological polar surface area (TPSA) is 82.9 Å². The molecule has 0 amide bonds. The van der Waals surface area contributed by atoms with E-state index in [1.807, 2.05) is 30.3 Å². The fourth-order valence-electron chi connectivity index (χ4n) is 5.33. The Labute approximate surface area is 223 Å². The highest BCUT2D eigenvalue weighted by Gasteiger charge is 2.30. The number of aliphatic hydroxyl groups is 1. The van der Waals surface area contributed by atoms with Gasteiger partial charge in [-0.05, 0) is 98.5 Å². The van der Waals surface area contributed by atoms with E-state index in [1.54, 1.807) is 26.3 Å². The normalized spacial score (nSPS) is 18.5. The number of fused-ring (bicyclic) bond motifs is 1. The van der Waals surface area contributed by atoms with E-state index in [2.05, 4.69) is 21.7 Å². The molecule has 3 atom stereocenters. The molecule has 0 radical (unpaired) electrons. The molecule has 3 aromatic rings. The van der Waals surface area contributed by atoms with Crippen LogP contribution < -0.4 is 4.74 Å². The highest BCUT2D eigenvalue weighted by molar-refractivity contribution is 5.83. The lowest BCUT2D eigenvalue weighted by atomic mass is 9.79. The molecule has 6 nitrogen and oxygen atoms in total. The summed E-state index contributed by atoms with van der Waals surface area (Å²) >= 11 is 0. The molecule has 0 unspecified atom stereocenters. The zero-order valence-corrected chi connectivity index (χ0v) is 22.0. The number of pyridine rings is 1. The van der Waals surface area contributed by atoms with E-state index in [4.69, 9.17) is 4.74 Å². The molecule has 7 heteroatoms. The SMILES string of the molecule is COc1ccc2nccc([C@H](O)CC[C@@H]3CCN(CC#Cc4ccc(C)c(F)c4)C[C@H]3CCC(=O)O)c2c1. The van der Waals surface area contributed by atoms with Crippen LogP contribution in [-0.2, 0) is 4.79 Å². The van der Waals surface area contributed by atoms with Crippen LogP contribution >= 0.6 is 0 Å². The van der Waals surface area contributed by atoms with Crippen molar-refractivity contribution >= 4 is 16.9 Å². The van der Waals surface area contributed by atoms with Crippen LogP contribution in [-0.4, -0.2) is 52.8 Å². The van der Waals surface area contributed by atoms with Crippen LogP contribution in [0.4, 0.5) is 4.39 Å². The number of benzene rings is 2. The number of carbonyl (C=O) groups is 1. The number of ether oxygens (including phenoxy) is 1. The number of rotatable bonds is 9. The number of aliphatic carboxylic acids is 1. The highest BCUT2D eigenvalue weighted by atomic mass is 19.1. The van der Waals surface area contributed by atoms with Crippen LogP contribution in [0, 0.1) is 36.4 Å². The van der Waals surface area contributed by atoms with Crippen LogP contribution in [0.25, 0.3) is 10.9 Å². The van der Waals surface area contributed by atoms with Crippen molar-refractivity contribution < 1.29 is 24.1 Å². The summed E-state index contributed by atoms with van der Waals surface area (Å²) in [4.78, 5) is 18.0. The van der Waals surface area contributed by atoms with Crippen molar-refractivity contribution in [3.8, 4) is 17.6 Å². The summed E-state index contributed by atoms with van der Waals surface area (Å²) in [6.45, 7) is 3.90. The number of nitrogens with zero attached hydrogens (tertiary/aromatic N) is 2. The lowest BCUT2D eigenvalue weighted by Gasteiger charge is -2.38. The number of aryl methyl sites for hydroxylation is 1. The minimum atomic E-state index is -0.792. The summed E-state index contributed by atoms with van der Waals surface area (Å²) in [7, 11) is 1.62. The van der Waals surface area contributed by atoms with Gasteiger partial charge in [-0.2, -0.15) is 0 Å². The predicted molar refractivity (Wildman–Crippen MR) is 145 cm³/mol. The van der Waals surface area contributed by atoms with Gasteiger partial charge in [0.2, 0.25) is 0 Å². The molecule has 2 aromatic carbocycles. The van der Waals surface area contributed by atoms with E-state index in [0.29, 0.717) is 36.4 Å². The number of methoxy groups -OCH3 is 1. The van der Waals surface area contributed by atoms with Gasteiger partial charge in [0.15, 0.2) is 0 Å². The summed E-state index contributed by atoms with van der Waals surface area (Å²) in [5, 5.41) is 21.3. The molecular formula is C31H35FN2O4. The van der Waals surface area contributed by atoms with Crippen molar-refractivity contribution in [2.45, 2.75) is 45.1 Å². The van der Waals surface area contributed by atoms with Gasteiger partial charge in [-0.15, -0.1) is 0 Å². The van der Waals surface area contributed by atoms with E-state index in [0.717, 1.165) is 48.1 Å².